The van der Waals surface area contributed by atoms with Crippen LogP contribution in [0.25, 0.3) is 10.8 Å². The molecule has 1 aromatic heterocycles. The van der Waals surface area contributed by atoms with Gasteiger partial charge in [-0.15, -0.1) is 0 Å². The molecule has 2 bridgehead atoms. The summed E-state index contributed by atoms with van der Waals surface area (Å²) in [4.78, 5) is 22.7. The second kappa shape index (κ2) is 9.47. The van der Waals surface area contributed by atoms with E-state index in [0.29, 0.717) is 18.0 Å². The maximum Gasteiger partial charge on any atom is 0.254 e. The van der Waals surface area contributed by atoms with Crippen LogP contribution < -0.4 is 0 Å². The molecule has 0 N–H and O–H groups in total. The van der Waals surface area contributed by atoms with Crippen molar-refractivity contribution in [3.05, 3.63) is 77.6 Å². The Morgan fingerprint density at radius 2 is 1.76 bits per heavy atom. The lowest BCUT2D eigenvalue weighted by molar-refractivity contribution is 0.0337. The van der Waals surface area contributed by atoms with Crippen molar-refractivity contribution in [2.24, 2.45) is 5.92 Å². The number of hydrogen-bond acceptors (Lipinski definition) is 4. The van der Waals surface area contributed by atoms with Crippen LogP contribution in [0, 0.1) is 5.92 Å². The predicted molar refractivity (Wildman–Crippen MR) is 134 cm³/mol. The molecule has 1 amide bonds. The number of pyridine rings is 1. The number of nitrogens with zero attached hydrogens (tertiary/aromatic N) is 3. The molecule has 4 heterocycles. The van der Waals surface area contributed by atoms with Crippen LogP contribution in [0.2, 0.25) is 0 Å². The molecule has 3 aliphatic rings. The van der Waals surface area contributed by atoms with Gasteiger partial charge in [0.15, 0.2) is 0 Å². The molecular weight excluding hydrogens is 422 g/mol. The summed E-state index contributed by atoms with van der Waals surface area (Å²) >= 11 is 0. The number of benzene rings is 2. The van der Waals surface area contributed by atoms with Gasteiger partial charge in [0.05, 0.1) is 13.2 Å². The molecule has 176 valence electrons. The largest absolute Gasteiger partial charge is 0.379 e. The smallest absolute Gasteiger partial charge is 0.254 e. The van der Waals surface area contributed by atoms with Crippen molar-refractivity contribution < 1.29 is 9.53 Å². The molecule has 34 heavy (non-hydrogen) atoms. The average molecular weight is 456 g/mol. The summed E-state index contributed by atoms with van der Waals surface area (Å²) in [5, 5.41) is 2.46. The summed E-state index contributed by atoms with van der Waals surface area (Å²) in [5.74, 6) is 0.880. The van der Waals surface area contributed by atoms with Gasteiger partial charge in [-0.05, 0) is 72.7 Å². The fraction of sp³-hybridized carbons (Fsp3) is 0.448. The Morgan fingerprint density at radius 3 is 2.59 bits per heavy atom. The quantitative estimate of drug-likeness (QED) is 0.560. The van der Waals surface area contributed by atoms with Gasteiger partial charge in [-0.2, -0.15) is 0 Å². The number of piperidine rings is 1. The molecule has 5 nitrogen and oxygen atoms in total. The molecule has 3 saturated heterocycles. The highest BCUT2D eigenvalue weighted by atomic mass is 16.5. The van der Waals surface area contributed by atoms with Crippen LogP contribution >= 0.6 is 0 Å². The first-order valence-corrected chi connectivity index (χ1v) is 12.8. The van der Waals surface area contributed by atoms with Crippen molar-refractivity contribution in [1.29, 1.82) is 0 Å². The fourth-order valence-electron chi connectivity index (χ4n) is 6.39. The van der Waals surface area contributed by atoms with E-state index in [0.717, 1.165) is 76.1 Å². The Bertz CT molecular complexity index is 1160. The third-order valence-electron chi connectivity index (χ3n) is 8.04. The maximum atomic E-state index is 13.8. The topological polar surface area (TPSA) is 45.7 Å². The van der Waals surface area contributed by atoms with E-state index < -0.39 is 0 Å². The van der Waals surface area contributed by atoms with Crippen LogP contribution in [0.4, 0.5) is 0 Å². The summed E-state index contributed by atoms with van der Waals surface area (Å²) in [6.45, 7) is 4.25. The molecule has 3 aromatic rings. The van der Waals surface area contributed by atoms with E-state index in [-0.39, 0.29) is 5.91 Å². The van der Waals surface area contributed by atoms with Gasteiger partial charge in [0.2, 0.25) is 0 Å². The van der Waals surface area contributed by atoms with Gasteiger partial charge in [0.1, 0.15) is 0 Å². The Morgan fingerprint density at radius 1 is 0.971 bits per heavy atom. The molecule has 6 rings (SSSR count). The number of hydrogen-bond donors (Lipinski definition) is 0. The van der Waals surface area contributed by atoms with Crippen LogP contribution in [0.15, 0.2) is 60.9 Å². The zero-order chi connectivity index (χ0) is 22.9. The first-order valence-electron chi connectivity index (χ1n) is 12.8. The van der Waals surface area contributed by atoms with Gasteiger partial charge in [-0.3, -0.25) is 14.7 Å². The zero-order valence-electron chi connectivity index (χ0n) is 19.7. The molecule has 0 saturated carbocycles. The summed E-state index contributed by atoms with van der Waals surface area (Å²) in [6, 6.07) is 17.8. The second-order valence-electron chi connectivity index (χ2n) is 10.2. The second-order valence-corrected chi connectivity index (χ2v) is 10.2. The van der Waals surface area contributed by atoms with Gasteiger partial charge in [0, 0.05) is 55.1 Å². The third-order valence-corrected chi connectivity index (χ3v) is 8.04. The summed E-state index contributed by atoms with van der Waals surface area (Å²) in [7, 11) is 0. The van der Waals surface area contributed by atoms with Crippen LogP contribution in [0.3, 0.4) is 0 Å². The first kappa shape index (κ1) is 21.8. The van der Waals surface area contributed by atoms with Crippen LogP contribution in [0.5, 0.6) is 0 Å². The van der Waals surface area contributed by atoms with E-state index in [1.54, 1.807) is 0 Å². The van der Waals surface area contributed by atoms with E-state index in [2.05, 4.69) is 51.2 Å². The zero-order valence-corrected chi connectivity index (χ0v) is 19.7. The van der Waals surface area contributed by atoms with Gasteiger partial charge >= 0.3 is 0 Å². The highest BCUT2D eigenvalue weighted by Gasteiger charge is 2.43. The van der Waals surface area contributed by atoms with Crippen LogP contribution in [-0.4, -0.2) is 59.1 Å². The van der Waals surface area contributed by atoms with Gasteiger partial charge in [-0.25, -0.2) is 0 Å². The van der Waals surface area contributed by atoms with Gasteiger partial charge in [0.25, 0.3) is 5.91 Å². The van der Waals surface area contributed by atoms with Crippen molar-refractivity contribution in [3.63, 3.8) is 0 Å². The molecule has 3 aliphatic heterocycles. The Hall–Kier alpha value is -2.76. The number of fused-ring (bicyclic) bond motifs is 3. The molecule has 5 heteroatoms. The molecule has 0 unspecified atom stereocenters. The molecular formula is C29H33N3O2. The number of carbonyl (C=O) groups excluding carboxylic acids is 1. The lowest BCUT2D eigenvalue weighted by atomic mass is 9.85. The minimum absolute atomic E-state index is 0.242. The number of carbonyl (C=O) groups is 1. The molecule has 2 atom stereocenters. The van der Waals surface area contributed by atoms with Crippen molar-refractivity contribution in [3.8, 4) is 0 Å². The van der Waals surface area contributed by atoms with Crippen molar-refractivity contribution in [1.82, 2.24) is 14.8 Å². The lowest BCUT2D eigenvalue weighted by Crippen LogP contribution is -2.47. The molecule has 0 radical (unpaired) electrons. The highest BCUT2D eigenvalue weighted by Crippen LogP contribution is 2.41. The normalized spacial score (nSPS) is 25.1. The van der Waals surface area contributed by atoms with Gasteiger partial charge < -0.3 is 9.64 Å². The average Bonchev–Trinajstić information content (AvgIpc) is 3.14. The van der Waals surface area contributed by atoms with Crippen molar-refractivity contribution in [2.75, 3.05) is 26.3 Å². The third kappa shape index (κ3) is 4.35. The molecule has 2 aromatic carbocycles. The van der Waals surface area contributed by atoms with E-state index in [1.165, 1.54) is 16.3 Å². The number of rotatable bonds is 5. The summed E-state index contributed by atoms with van der Waals surface area (Å²) in [5.41, 5.74) is 3.44. The van der Waals surface area contributed by atoms with Gasteiger partial charge in [-0.1, -0.05) is 30.3 Å². The minimum Gasteiger partial charge on any atom is -0.379 e. The Kier molecular flexibility index (Phi) is 6.06. The number of aromatic nitrogens is 1. The van der Waals surface area contributed by atoms with E-state index in [4.69, 9.17) is 4.74 Å². The molecule has 3 fully saturated rings. The summed E-state index contributed by atoms with van der Waals surface area (Å²) < 4.78 is 5.50. The minimum atomic E-state index is 0.242. The van der Waals surface area contributed by atoms with Crippen LogP contribution in [-0.2, 0) is 17.7 Å². The summed E-state index contributed by atoms with van der Waals surface area (Å²) in [6.07, 6.45) is 9.40. The van der Waals surface area contributed by atoms with Crippen LogP contribution in [0.1, 0.15) is 47.2 Å². The lowest BCUT2D eigenvalue weighted by Gasteiger charge is -2.39. The molecule has 0 spiro atoms. The van der Waals surface area contributed by atoms with Crippen molar-refractivity contribution in [2.45, 2.75) is 50.7 Å². The number of morpholine rings is 1. The standard InChI is InChI=1S/C29H33N3O2/c33-29(28-4-2-1-3-24(28)20-31-11-13-34-14-12-31)32-26-7-8-27(32)18-22(17-26)15-21-5-6-23-9-10-30-19-25(23)16-21/h1-6,9-10,16,19,22,26-27H,7-8,11-15,17-18,20H2/t26-,27-/m0/s1. The maximum absolute atomic E-state index is 13.8. The number of amides is 1. The van der Waals surface area contributed by atoms with Crippen molar-refractivity contribution >= 4 is 16.7 Å². The van der Waals surface area contributed by atoms with E-state index in [1.807, 2.05) is 24.5 Å². The fourth-order valence-corrected chi connectivity index (χ4v) is 6.39. The van der Waals surface area contributed by atoms with E-state index >= 15 is 0 Å². The Balaban J connectivity index is 1.16. The monoisotopic (exact) mass is 455 g/mol. The number of ether oxygens (including phenoxy) is 1. The molecule has 0 aliphatic carbocycles. The SMILES string of the molecule is O=C(c1ccccc1CN1CCOCC1)N1[C@H]2CC[C@H]1CC(Cc1ccc3ccncc3c1)C2. The highest BCUT2D eigenvalue weighted by molar-refractivity contribution is 5.96. The Labute approximate surface area is 201 Å². The van der Waals surface area contributed by atoms with E-state index in [9.17, 15) is 4.79 Å². The predicted octanol–water partition coefficient (Wildman–Crippen LogP) is 4.69. The first-order chi connectivity index (χ1) is 16.7.